The third-order valence-electron chi connectivity index (χ3n) is 3.72. The zero-order valence-corrected chi connectivity index (χ0v) is 13.0. The summed E-state index contributed by atoms with van der Waals surface area (Å²) in [5, 5.41) is 4.13. The van der Waals surface area contributed by atoms with E-state index in [0.29, 0.717) is 5.02 Å². The molecule has 0 radical (unpaired) electrons. The first-order valence-corrected chi connectivity index (χ1v) is 7.38. The minimum atomic E-state index is 0.715. The average molecular weight is 304 g/mol. The summed E-state index contributed by atoms with van der Waals surface area (Å²) < 4.78 is 10.9. The maximum Gasteiger partial charge on any atom is 0.143 e. The van der Waals surface area contributed by atoms with Gasteiger partial charge in [-0.05, 0) is 35.7 Å². The number of hydrogen-bond donors (Lipinski definition) is 1. The molecule has 0 aromatic heterocycles. The highest BCUT2D eigenvalue weighted by Crippen LogP contribution is 2.32. The van der Waals surface area contributed by atoms with Crippen LogP contribution in [0.25, 0.3) is 0 Å². The van der Waals surface area contributed by atoms with Gasteiger partial charge in [0, 0.05) is 24.1 Å². The summed E-state index contributed by atoms with van der Waals surface area (Å²) in [5.74, 6) is 1.77. The van der Waals surface area contributed by atoms with Gasteiger partial charge < -0.3 is 14.8 Å². The zero-order chi connectivity index (χ0) is 14.8. The second-order valence-corrected chi connectivity index (χ2v) is 5.60. The van der Waals surface area contributed by atoms with Gasteiger partial charge in [0.15, 0.2) is 0 Å². The van der Waals surface area contributed by atoms with Crippen molar-refractivity contribution in [3.8, 4) is 11.5 Å². The first kappa shape index (κ1) is 14.1. The lowest BCUT2D eigenvalue weighted by Gasteiger charge is -2.13. The molecule has 0 unspecified atom stereocenters. The second-order valence-electron chi connectivity index (χ2n) is 5.20. The number of benzene rings is 2. The molecule has 1 aliphatic rings. The third-order valence-corrected chi connectivity index (χ3v) is 4.12. The third kappa shape index (κ3) is 2.93. The van der Waals surface area contributed by atoms with E-state index in [1.54, 1.807) is 7.11 Å². The van der Waals surface area contributed by atoms with Gasteiger partial charge >= 0.3 is 0 Å². The van der Waals surface area contributed by atoms with E-state index < -0.39 is 0 Å². The molecule has 2 aromatic rings. The Hall–Kier alpha value is -1.87. The van der Waals surface area contributed by atoms with E-state index in [0.717, 1.165) is 42.3 Å². The Morgan fingerprint density at radius 3 is 2.95 bits per heavy atom. The van der Waals surface area contributed by atoms with E-state index in [4.69, 9.17) is 21.1 Å². The van der Waals surface area contributed by atoms with Crippen molar-refractivity contribution in [1.82, 2.24) is 0 Å². The van der Waals surface area contributed by atoms with Crippen molar-refractivity contribution in [2.45, 2.75) is 19.9 Å². The molecule has 0 aliphatic carbocycles. The number of anilines is 1. The molecule has 2 aromatic carbocycles. The number of aryl methyl sites for hydroxylation is 1. The molecule has 4 heteroatoms. The van der Waals surface area contributed by atoms with E-state index in [1.165, 1.54) is 11.1 Å². The lowest BCUT2D eigenvalue weighted by molar-refractivity contribution is 0.357. The standard InChI is InChI=1S/C17H18ClNO2/c1-11-7-15(17(20-2)9-14(11)18)19-10-12-3-4-16-13(8-12)5-6-21-16/h3-4,7-9,19H,5-6,10H2,1-2H3. The van der Waals surface area contributed by atoms with Gasteiger partial charge in [0.1, 0.15) is 11.5 Å². The van der Waals surface area contributed by atoms with Crippen molar-refractivity contribution in [3.05, 3.63) is 52.0 Å². The van der Waals surface area contributed by atoms with Crippen LogP contribution in [0.1, 0.15) is 16.7 Å². The number of ether oxygens (including phenoxy) is 2. The summed E-state index contributed by atoms with van der Waals surface area (Å²) in [7, 11) is 1.65. The molecule has 0 spiro atoms. The number of halogens is 1. The van der Waals surface area contributed by atoms with Gasteiger partial charge in [-0.15, -0.1) is 0 Å². The van der Waals surface area contributed by atoms with Gasteiger partial charge in [0.25, 0.3) is 0 Å². The van der Waals surface area contributed by atoms with Gasteiger partial charge in [-0.3, -0.25) is 0 Å². The molecule has 3 nitrogen and oxygen atoms in total. The van der Waals surface area contributed by atoms with E-state index in [-0.39, 0.29) is 0 Å². The van der Waals surface area contributed by atoms with Crippen LogP contribution in [0.5, 0.6) is 11.5 Å². The molecular formula is C17H18ClNO2. The molecule has 0 atom stereocenters. The molecule has 0 saturated heterocycles. The van der Waals surface area contributed by atoms with Crippen LogP contribution in [0, 0.1) is 6.92 Å². The predicted molar refractivity (Wildman–Crippen MR) is 85.7 cm³/mol. The average Bonchev–Trinajstić information content (AvgIpc) is 2.95. The Labute approximate surface area is 129 Å². The van der Waals surface area contributed by atoms with Gasteiger partial charge in [-0.1, -0.05) is 23.7 Å². The quantitative estimate of drug-likeness (QED) is 0.918. The highest BCUT2D eigenvalue weighted by Gasteiger charge is 2.12. The van der Waals surface area contributed by atoms with Crippen molar-refractivity contribution in [1.29, 1.82) is 0 Å². The first-order valence-electron chi connectivity index (χ1n) is 7.00. The predicted octanol–water partition coefficient (Wildman–Crippen LogP) is 4.20. The molecule has 0 fully saturated rings. The Kier molecular flexibility index (Phi) is 3.93. The highest BCUT2D eigenvalue weighted by atomic mass is 35.5. The summed E-state index contributed by atoms with van der Waals surface area (Å²) in [4.78, 5) is 0. The van der Waals surface area contributed by atoms with Crippen LogP contribution in [-0.2, 0) is 13.0 Å². The van der Waals surface area contributed by atoms with Crippen LogP contribution in [0.15, 0.2) is 30.3 Å². The van der Waals surface area contributed by atoms with Crippen LogP contribution in [-0.4, -0.2) is 13.7 Å². The number of fused-ring (bicyclic) bond motifs is 1. The molecule has 0 saturated carbocycles. The molecule has 21 heavy (non-hydrogen) atoms. The Morgan fingerprint density at radius 1 is 1.29 bits per heavy atom. The smallest absolute Gasteiger partial charge is 0.143 e. The van der Waals surface area contributed by atoms with Crippen LogP contribution < -0.4 is 14.8 Å². The Balaban J connectivity index is 1.77. The Bertz CT molecular complexity index is 670. The summed E-state index contributed by atoms with van der Waals surface area (Å²) in [6.45, 7) is 3.51. The largest absolute Gasteiger partial charge is 0.495 e. The molecule has 1 heterocycles. The SMILES string of the molecule is COc1cc(Cl)c(C)cc1NCc1ccc2c(c1)CCO2. The van der Waals surface area contributed by atoms with Gasteiger partial charge in [-0.25, -0.2) is 0 Å². The number of nitrogens with one attached hydrogen (secondary N) is 1. The monoisotopic (exact) mass is 303 g/mol. The maximum atomic E-state index is 6.12. The molecule has 1 aliphatic heterocycles. The van der Waals surface area contributed by atoms with E-state index >= 15 is 0 Å². The number of hydrogen-bond acceptors (Lipinski definition) is 3. The molecule has 0 amide bonds. The first-order chi connectivity index (χ1) is 10.2. The molecule has 3 rings (SSSR count). The molecule has 0 bridgehead atoms. The van der Waals surface area contributed by atoms with Crippen molar-refractivity contribution in [3.63, 3.8) is 0 Å². The fourth-order valence-electron chi connectivity index (χ4n) is 2.52. The summed E-state index contributed by atoms with van der Waals surface area (Å²) in [5.41, 5.74) is 4.50. The molecular weight excluding hydrogens is 286 g/mol. The van der Waals surface area contributed by atoms with Crippen LogP contribution in [0.2, 0.25) is 5.02 Å². The minimum absolute atomic E-state index is 0.715. The summed E-state index contributed by atoms with van der Waals surface area (Å²) in [6.07, 6.45) is 0.993. The van der Waals surface area contributed by atoms with E-state index in [2.05, 4.69) is 17.4 Å². The van der Waals surface area contributed by atoms with Crippen LogP contribution in [0.3, 0.4) is 0 Å². The van der Waals surface area contributed by atoms with E-state index in [1.807, 2.05) is 25.1 Å². The summed E-state index contributed by atoms with van der Waals surface area (Å²) in [6, 6.07) is 10.2. The fraction of sp³-hybridized carbons (Fsp3) is 0.294. The van der Waals surface area contributed by atoms with Crippen molar-refractivity contribution in [2.24, 2.45) is 0 Å². The number of rotatable bonds is 4. The van der Waals surface area contributed by atoms with Gasteiger partial charge in [-0.2, -0.15) is 0 Å². The van der Waals surface area contributed by atoms with Crippen LogP contribution in [0.4, 0.5) is 5.69 Å². The zero-order valence-electron chi connectivity index (χ0n) is 12.2. The van der Waals surface area contributed by atoms with Crippen molar-refractivity contribution >= 4 is 17.3 Å². The lowest BCUT2D eigenvalue weighted by Crippen LogP contribution is -2.02. The van der Waals surface area contributed by atoms with Crippen molar-refractivity contribution in [2.75, 3.05) is 19.0 Å². The lowest BCUT2D eigenvalue weighted by atomic mass is 10.1. The maximum absolute atomic E-state index is 6.12. The topological polar surface area (TPSA) is 30.5 Å². The second kappa shape index (κ2) is 5.86. The Morgan fingerprint density at radius 2 is 2.14 bits per heavy atom. The van der Waals surface area contributed by atoms with Crippen molar-refractivity contribution < 1.29 is 9.47 Å². The van der Waals surface area contributed by atoms with Gasteiger partial charge in [0.05, 0.1) is 19.4 Å². The normalized spacial score (nSPS) is 12.7. The highest BCUT2D eigenvalue weighted by molar-refractivity contribution is 6.31. The minimum Gasteiger partial charge on any atom is -0.495 e. The molecule has 110 valence electrons. The molecule has 1 N–H and O–H groups in total. The fourth-order valence-corrected chi connectivity index (χ4v) is 2.67. The van der Waals surface area contributed by atoms with Crippen LogP contribution >= 0.6 is 11.6 Å². The summed E-state index contributed by atoms with van der Waals surface area (Å²) >= 11 is 6.12. The number of methoxy groups -OCH3 is 1. The van der Waals surface area contributed by atoms with Gasteiger partial charge in [0.2, 0.25) is 0 Å². The van der Waals surface area contributed by atoms with E-state index in [9.17, 15) is 0 Å².